The Morgan fingerprint density at radius 1 is 1.39 bits per heavy atom. The molecule has 18 heavy (non-hydrogen) atoms. The summed E-state index contributed by atoms with van der Waals surface area (Å²) < 4.78 is 31.1. The third-order valence-corrected chi connectivity index (χ3v) is 3.85. The molecule has 7 heteroatoms. The number of aliphatic hydroxyl groups is 1. The summed E-state index contributed by atoms with van der Waals surface area (Å²) in [6.07, 6.45) is -0.832. The van der Waals surface area contributed by atoms with Crippen molar-refractivity contribution in [2.24, 2.45) is 11.0 Å². The van der Waals surface area contributed by atoms with Gasteiger partial charge in [0.05, 0.1) is 10.6 Å². The van der Waals surface area contributed by atoms with Crippen molar-refractivity contribution in [3.8, 4) is 0 Å². The zero-order chi connectivity index (χ0) is 13.5. The van der Waals surface area contributed by atoms with Crippen LogP contribution in [-0.4, -0.2) is 30.0 Å². The summed E-state index contributed by atoms with van der Waals surface area (Å²) in [5.41, 5.74) is 1.18. The van der Waals surface area contributed by atoms with Crippen LogP contribution in [0.15, 0.2) is 34.3 Å². The minimum atomic E-state index is -4.26. The van der Waals surface area contributed by atoms with Crippen LogP contribution in [0, 0.1) is 5.92 Å². The lowest BCUT2D eigenvalue weighted by molar-refractivity contribution is 0.152. The fraction of sp³-hybridized carbons (Fsp3) is 0.364. The maximum atomic E-state index is 11.0. The van der Waals surface area contributed by atoms with Gasteiger partial charge in [0, 0.05) is 11.6 Å². The maximum absolute atomic E-state index is 11.0. The van der Waals surface area contributed by atoms with Crippen LogP contribution in [-0.2, 0) is 10.1 Å². The molecule has 6 nitrogen and oxygen atoms in total. The molecule has 1 aromatic carbocycles. The highest BCUT2D eigenvalue weighted by atomic mass is 32.2. The smallest absolute Gasteiger partial charge is 0.294 e. The van der Waals surface area contributed by atoms with Crippen LogP contribution < -0.4 is 5.01 Å². The highest BCUT2D eigenvalue weighted by Crippen LogP contribution is 2.28. The van der Waals surface area contributed by atoms with E-state index in [1.54, 1.807) is 13.0 Å². The van der Waals surface area contributed by atoms with Crippen molar-refractivity contribution >= 4 is 21.5 Å². The van der Waals surface area contributed by atoms with E-state index in [9.17, 15) is 13.5 Å². The van der Waals surface area contributed by atoms with Crippen LogP contribution in [0.3, 0.4) is 0 Å². The number of rotatable bonds is 2. The fourth-order valence-corrected chi connectivity index (χ4v) is 2.26. The number of hydrogen-bond acceptors (Lipinski definition) is 5. The highest BCUT2D eigenvalue weighted by Gasteiger charge is 2.31. The van der Waals surface area contributed by atoms with Gasteiger partial charge in [-0.25, -0.2) is 5.01 Å². The number of hydrazone groups is 1. The van der Waals surface area contributed by atoms with Crippen molar-refractivity contribution in [3.63, 3.8) is 0 Å². The average molecular weight is 270 g/mol. The predicted molar refractivity (Wildman–Crippen MR) is 67.0 cm³/mol. The van der Waals surface area contributed by atoms with Gasteiger partial charge >= 0.3 is 0 Å². The van der Waals surface area contributed by atoms with Crippen molar-refractivity contribution in [1.82, 2.24) is 0 Å². The van der Waals surface area contributed by atoms with E-state index in [4.69, 9.17) is 4.55 Å². The first kappa shape index (κ1) is 13.0. The van der Waals surface area contributed by atoms with Crippen molar-refractivity contribution in [2.75, 3.05) is 5.01 Å². The maximum Gasteiger partial charge on any atom is 0.294 e. The Kier molecular flexibility index (Phi) is 3.14. The Hall–Kier alpha value is -1.44. The van der Waals surface area contributed by atoms with E-state index in [-0.39, 0.29) is 10.8 Å². The molecular formula is C11H14N2O4S. The minimum Gasteiger partial charge on any atom is -0.371 e. The first-order valence-electron chi connectivity index (χ1n) is 5.40. The Labute approximate surface area is 105 Å². The molecule has 2 rings (SSSR count). The molecule has 0 amide bonds. The lowest BCUT2D eigenvalue weighted by Crippen LogP contribution is -2.31. The minimum absolute atomic E-state index is 0.126. The summed E-state index contributed by atoms with van der Waals surface area (Å²) in [6.45, 7) is 3.62. The summed E-state index contributed by atoms with van der Waals surface area (Å²) in [6, 6.07) is 5.65. The molecule has 1 heterocycles. The predicted octanol–water partition coefficient (Wildman–Crippen LogP) is 1.08. The molecule has 0 aromatic heterocycles. The molecule has 1 aromatic rings. The van der Waals surface area contributed by atoms with Crippen LogP contribution in [0.5, 0.6) is 0 Å². The van der Waals surface area contributed by atoms with Crippen LogP contribution in [0.4, 0.5) is 5.69 Å². The molecule has 1 aliphatic heterocycles. The third-order valence-electron chi connectivity index (χ3n) is 3.00. The summed E-state index contributed by atoms with van der Waals surface area (Å²) in [4.78, 5) is -0.223. The number of anilines is 1. The third kappa shape index (κ3) is 2.24. The van der Waals surface area contributed by atoms with Crippen LogP contribution in [0.1, 0.15) is 13.8 Å². The van der Waals surface area contributed by atoms with Gasteiger partial charge in [0.2, 0.25) is 0 Å². The monoisotopic (exact) mass is 270 g/mol. The molecule has 0 saturated carbocycles. The van der Waals surface area contributed by atoms with Gasteiger partial charge in [-0.15, -0.1) is 0 Å². The molecule has 0 saturated heterocycles. The number of hydrogen-bond donors (Lipinski definition) is 2. The first-order chi connectivity index (χ1) is 8.30. The molecule has 0 fully saturated rings. The van der Waals surface area contributed by atoms with E-state index >= 15 is 0 Å². The Bertz CT molecular complexity index is 597. The lowest BCUT2D eigenvalue weighted by Gasteiger charge is -2.21. The average Bonchev–Trinajstić information content (AvgIpc) is 2.56. The fourth-order valence-electron chi connectivity index (χ4n) is 1.74. The molecule has 0 aliphatic carbocycles. The van der Waals surface area contributed by atoms with Crippen LogP contribution in [0.25, 0.3) is 0 Å². The van der Waals surface area contributed by atoms with Crippen molar-refractivity contribution in [2.45, 2.75) is 25.0 Å². The SMILES string of the molecule is CC1=NN(c2cccc(S(=O)(=O)O)c2)C(O)C1C. The Morgan fingerprint density at radius 3 is 2.56 bits per heavy atom. The van der Waals surface area contributed by atoms with Crippen molar-refractivity contribution in [1.29, 1.82) is 0 Å². The summed E-state index contributed by atoms with van der Waals surface area (Å²) in [7, 11) is -4.26. The lowest BCUT2D eigenvalue weighted by atomic mass is 10.1. The second-order valence-corrected chi connectivity index (χ2v) is 5.68. The number of nitrogens with zero attached hydrogens (tertiary/aromatic N) is 2. The van der Waals surface area contributed by atoms with E-state index in [0.717, 1.165) is 5.71 Å². The molecule has 1 aliphatic rings. The second-order valence-electron chi connectivity index (χ2n) is 4.26. The largest absolute Gasteiger partial charge is 0.371 e. The van der Waals surface area contributed by atoms with Gasteiger partial charge in [-0.2, -0.15) is 13.5 Å². The number of aliphatic hydroxyl groups excluding tert-OH is 1. The molecule has 2 N–H and O–H groups in total. The van der Waals surface area contributed by atoms with E-state index in [1.807, 2.05) is 6.92 Å². The quantitative estimate of drug-likeness (QED) is 0.785. The summed E-state index contributed by atoms with van der Waals surface area (Å²) in [5.74, 6) is -0.126. The topological polar surface area (TPSA) is 90.2 Å². The van der Waals surface area contributed by atoms with Gasteiger partial charge in [-0.1, -0.05) is 13.0 Å². The zero-order valence-corrected chi connectivity index (χ0v) is 10.8. The number of benzene rings is 1. The van der Waals surface area contributed by atoms with E-state index in [2.05, 4.69) is 5.10 Å². The molecular weight excluding hydrogens is 256 g/mol. The van der Waals surface area contributed by atoms with Gasteiger partial charge in [-0.05, 0) is 25.1 Å². The van der Waals surface area contributed by atoms with Crippen LogP contribution in [0.2, 0.25) is 0 Å². The summed E-state index contributed by atoms with van der Waals surface area (Å²) >= 11 is 0. The second kappa shape index (κ2) is 4.34. The van der Waals surface area contributed by atoms with Gasteiger partial charge in [0.25, 0.3) is 10.1 Å². The van der Waals surface area contributed by atoms with E-state index < -0.39 is 16.3 Å². The summed E-state index contributed by atoms with van der Waals surface area (Å²) in [5, 5.41) is 15.5. The molecule has 0 bridgehead atoms. The standard InChI is InChI=1S/C11H14N2O4S/c1-7-8(2)12-13(11(7)14)9-4-3-5-10(6-9)18(15,16)17/h3-7,11,14H,1-2H3,(H,15,16,17). The zero-order valence-electron chi connectivity index (χ0n) is 9.98. The van der Waals surface area contributed by atoms with Gasteiger partial charge in [0.1, 0.15) is 0 Å². The van der Waals surface area contributed by atoms with Crippen molar-refractivity contribution in [3.05, 3.63) is 24.3 Å². The Morgan fingerprint density at radius 2 is 2.06 bits per heavy atom. The molecule has 0 radical (unpaired) electrons. The normalized spacial score (nSPS) is 24.2. The van der Waals surface area contributed by atoms with Crippen LogP contribution >= 0.6 is 0 Å². The first-order valence-corrected chi connectivity index (χ1v) is 6.84. The van der Waals surface area contributed by atoms with Gasteiger partial charge in [0.15, 0.2) is 6.23 Å². The van der Waals surface area contributed by atoms with Crippen molar-refractivity contribution < 1.29 is 18.1 Å². The van der Waals surface area contributed by atoms with E-state index in [0.29, 0.717) is 5.69 Å². The van der Waals surface area contributed by atoms with E-state index in [1.165, 1.54) is 23.2 Å². The molecule has 2 unspecified atom stereocenters. The van der Waals surface area contributed by atoms with Gasteiger partial charge < -0.3 is 5.11 Å². The highest BCUT2D eigenvalue weighted by molar-refractivity contribution is 7.85. The molecule has 2 atom stereocenters. The molecule has 0 spiro atoms. The Balaban J connectivity index is 2.42. The van der Waals surface area contributed by atoms with Gasteiger partial charge in [-0.3, -0.25) is 4.55 Å². The molecule has 98 valence electrons.